The lowest BCUT2D eigenvalue weighted by Crippen LogP contribution is -2.29. The van der Waals surface area contributed by atoms with Crippen molar-refractivity contribution >= 4 is 16.7 Å². The molecule has 1 amide bonds. The van der Waals surface area contributed by atoms with Crippen LogP contribution in [0, 0.1) is 18.8 Å². The van der Waals surface area contributed by atoms with E-state index in [4.69, 9.17) is 9.47 Å². The number of rotatable bonds is 6. The van der Waals surface area contributed by atoms with Crippen LogP contribution in [0.15, 0.2) is 66.7 Å². The molecule has 0 saturated carbocycles. The smallest absolute Gasteiger partial charge is 0.258 e. The van der Waals surface area contributed by atoms with Gasteiger partial charge in [0.1, 0.15) is 18.1 Å². The van der Waals surface area contributed by atoms with Gasteiger partial charge in [-0.3, -0.25) is 4.79 Å². The molecule has 0 aliphatic heterocycles. The van der Waals surface area contributed by atoms with Crippen LogP contribution in [0.1, 0.15) is 5.56 Å². The molecular weight excluding hydrogens is 338 g/mol. The van der Waals surface area contributed by atoms with E-state index in [9.17, 15) is 4.79 Å². The van der Waals surface area contributed by atoms with Gasteiger partial charge in [-0.25, -0.2) is 0 Å². The van der Waals surface area contributed by atoms with Crippen LogP contribution in [0.3, 0.4) is 0 Å². The number of hydrogen-bond acceptors (Lipinski definition) is 3. The Morgan fingerprint density at radius 1 is 0.926 bits per heavy atom. The van der Waals surface area contributed by atoms with E-state index in [1.54, 1.807) is 0 Å². The first-order valence-corrected chi connectivity index (χ1v) is 8.75. The van der Waals surface area contributed by atoms with Crippen LogP contribution in [0.2, 0.25) is 0 Å². The van der Waals surface area contributed by atoms with E-state index in [-0.39, 0.29) is 25.7 Å². The SMILES string of the molecule is Cc1ccc(OCC(=O)NCC#CCOc2cccc3ccccc23)cc1. The van der Waals surface area contributed by atoms with Gasteiger partial charge in [0.05, 0.1) is 6.54 Å². The average Bonchev–Trinajstić information content (AvgIpc) is 2.70. The Morgan fingerprint density at radius 2 is 1.70 bits per heavy atom. The molecule has 4 nitrogen and oxygen atoms in total. The number of nitrogens with one attached hydrogen (secondary N) is 1. The lowest BCUT2D eigenvalue weighted by Gasteiger charge is -2.06. The van der Waals surface area contributed by atoms with Gasteiger partial charge in [-0.15, -0.1) is 0 Å². The van der Waals surface area contributed by atoms with E-state index < -0.39 is 0 Å². The number of carbonyl (C=O) groups excluding carboxylic acids is 1. The molecule has 0 saturated heterocycles. The largest absolute Gasteiger partial charge is 0.484 e. The van der Waals surface area contributed by atoms with E-state index in [1.807, 2.05) is 73.7 Å². The number of carbonyl (C=O) groups is 1. The Kier molecular flexibility index (Phi) is 6.32. The molecule has 0 heterocycles. The third-order valence-corrected chi connectivity index (χ3v) is 3.94. The molecule has 136 valence electrons. The normalized spacial score (nSPS) is 9.96. The van der Waals surface area contributed by atoms with Crippen LogP contribution in [0.5, 0.6) is 11.5 Å². The summed E-state index contributed by atoms with van der Waals surface area (Å²) in [6.45, 7) is 2.50. The van der Waals surface area contributed by atoms with E-state index in [2.05, 4.69) is 17.2 Å². The monoisotopic (exact) mass is 359 g/mol. The minimum atomic E-state index is -0.208. The minimum Gasteiger partial charge on any atom is -0.484 e. The van der Waals surface area contributed by atoms with Crippen molar-refractivity contribution < 1.29 is 14.3 Å². The number of ether oxygens (including phenoxy) is 2. The van der Waals surface area contributed by atoms with Gasteiger partial charge in [0.25, 0.3) is 5.91 Å². The fraction of sp³-hybridized carbons (Fsp3) is 0.174. The lowest BCUT2D eigenvalue weighted by molar-refractivity contribution is -0.122. The van der Waals surface area contributed by atoms with Crippen molar-refractivity contribution in [3.8, 4) is 23.3 Å². The lowest BCUT2D eigenvalue weighted by atomic mass is 10.1. The molecule has 0 spiro atoms. The maximum Gasteiger partial charge on any atom is 0.258 e. The quantitative estimate of drug-likeness (QED) is 0.682. The highest BCUT2D eigenvalue weighted by atomic mass is 16.5. The second-order valence-corrected chi connectivity index (χ2v) is 6.00. The first-order valence-electron chi connectivity index (χ1n) is 8.75. The minimum absolute atomic E-state index is 0.0305. The molecule has 0 bridgehead atoms. The number of benzene rings is 3. The van der Waals surface area contributed by atoms with Gasteiger partial charge in [-0.2, -0.15) is 0 Å². The van der Waals surface area contributed by atoms with Crippen molar-refractivity contribution in [3.05, 3.63) is 72.3 Å². The van der Waals surface area contributed by atoms with Gasteiger partial charge in [-0.1, -0.05) is 65.9 Å². The maximum absolute atomic E-state index is 11.7. The molecule has 3 rings (SSSR count). The summed E-state index contributed by atoms with van der Waals surface area (Å²) < 4.78 is 11.1. The number of fused-ring (bicyclic) bond motifs is 1. The second-order valence-electron chi connectivity index (χ2n) is 6.00. The predicted octanol–water partition coefficient (Wildman–Crippen LogP) is 3.73. The first kappa shape index (κ1) is 18.3. The van der Waals surface area contributed by atoms with Crippen LogP contribution < -0.4 is 14.8 Å². The zero-order valence-electron chi connectivity index (χ0n) is 15.2. The third-order valence-electron chi connectivity index (χ3n) is 3.94. The highest BCUT2D eigenvalue weighted by molar-refractivity contribution is 5.88. The molecule has 0 aliphatic rings. The van der Waals surface area contributed by atoms with Crippen molar-refractivity contribution in [3.63, 3.8) is 0 Å². The van der Waals surface area contributed by atoms with Gasteiger partial charge < -0.3 is 14.8 Å². The Morgan fingerprint density at radius 3 is 2.56 bits per heavy atom. The predicted molar refractivity (Wildman–Crippen MR) is 107 cm³/mol. The summed E-state index contributed by atoms with van der Waals surface area (Å²) in [7, 11) is 0. The topological polar surface area (TPSA) is 47.6 Å². The van der Waals surface area contributed by atoms with E-state index >= 15 is 0 Å². The van der Waals surface area contributed by atoms with Crippen LogP contribution in [0.25, 0.3) is 10.8 Å². The zero-order chi connectivity index (χ0) is 18.9. The average molecular weight is 359 g/mol. The van der Waals surface area contributed by atoms with Crippen molar-refractivity contribution in [1.82, 2.24) is 5.32 Å². The van der Waals surface area contributed by atoms with Gasteiger partial charge in [0.2, 0.25) is 0 Å². The summed E-state index contributed by atoms with van der Waals surface area (Å²) in [6.07, 6.45) is 0. The van der Waals surface area contributed by atoms with Crippen molar-refractivity contribution in [2.75, 3.05) is 19.8 Å². The van der Waals surface area contributed by atoms with Crippen molar-refractivity contribution in [1.29, 1.82) is 0 Å². The Bertz CT molecular complexity index is 963. The molecule has 1 N–H and O–H groups in total. The van der Waals surface area contributed by atoms with E-state index in [0.717, 1.165) is 22.1 Å². The standard InChI is InChI=1S/C23H21NO3/c1-18-11-13-20(14-12-18)27-17-23(25)24-15-4-5-16-26-22-10-6-8-19-7-2-3-9-21(19)22/h2-3,6-14H,15-17H2,1H3,(H,24,25). The first-order chi connectivity index (χ1) is 13.2. The van der Waals surface area contributed by atoms with E-state index in [1.165, 1.54) is 0 Å². The Labute approximate surface area is 159 Å². The van der Waals surface area contributed by atoms with Gasteiger partial charge in [-0.05, 0) is 30.5 Å². The van der Waals surface area contributed by atoms with Crippen LogP contribution in [-0.4, -0.2) is 25.7 Å². The van der Waals surface area contributed by atoms with Gasteiger partial charge in [0.15, 0.2) is 6.61 Å². The van der Waals surface area contributed by atoms with E-state index in [0.29, 0.717) is 5.75 Å². The third kappa shape index (κ3) is 5.52. The van der Waals surface area contributed by atoms with Gasteiger partial charge >= 0.3 is 0 Å². The summed E-state index contributed by atoms with van der Waals surface area (Å²) in [5, 5.41) is 4.89. The Hall–Kier alpha value is -3.45. The molecule has 0 aromatic heterocycles. The molecule has 0 radical (unpaired) electrons. The molecule has 0 atom stereocenters. The molecule has 0 aliphatic carbocycles. The van der Waals surface area contributed by atoms with Crippen molar-refractivity contribution in [2.24, 2.45) is 0 Å². The molecule has 3 aromatic rings. The fourth-order valence-electron chi connectivity index (χ4n) is 2.53. The number of aryl methyl sites for hydroxylation is 1. The molecule has 27 heavy (non-hydrogen) atoms. The van der Waals surface area contributed by atoms with Crippen LogP contribution in [-0.2, 0) is 4.79 Å². The second kappa shape index (κ2) is 9.30. The molecule has 0 unspecified atom stereocenters. The molecular formula is C23H21NO3. The van der Waals surface area contributed by atoms with Gasteiger partial charge in [0, 0.05) is 5.39 Å². The summed E-state index contributed by atoms with van der Waals surface area (Å²) in [4.78, 5) is 11.7. The zero-order valence-corrected chi connectivity index (χ0v) is 15.2. The van der Waals surface area contributed by atoms with Crippen LogP contribution >= 0.6 is 0 Å². The molecule has 4 heteroatoms. The summed E-state index contributed by atoms with van der Waals surface area (Å²) in [5.41, 5.74) is 1.15. The highest BCUT2D eigenvalue weighted by Gasteiger charge is 2.01. The van der Waals surface area contributed by atoms with Crippen molar-refractivity contribution in [2.45, 2.75) is 6.92 Å². The summed E-state index contributed by atoms with van der Waals surface area (Å²) >= 11 is 0. The summed E-state index contributed by atoms with van der Waals surface area (Å²) in [5.74, 6) is 7.05. The number of amides is 1. The Balaban J connectivity index is 1.39. The number of hydrogen-bond donors (Lipinski definition) is 1. The molecule has 3 aromatic carbocycles. The summed E-state index contributed by atoms with van der Waals surface area (Å²) in [6, 6.07) is 21.5. The molecule has 0 fully saturated rings. The fourth-order valence-corrected chi connectivity index (χ4v) is 2.53. The van der Waals surface area contributed by atoms with Crippen LogP contribution in [0.4, 0.5) is 0 Å². The maximum atomic E-state index is 11.7. The highest BCUT2D eigenvalue weighted by Crippen LogP contribution is 2.24.